The highest BCUT2D eigenvalue weighted by Gasteiger charge is 2.00. The van der Waals surface area contributed by atoms with E-state index in [-0.39, 0.29) is 5.56 Å². The lowest BCUT2D eigenvalue weighted by molar-refractivity contribution is 1.30. The summed E-state index contributed by atoms with van der Waals surface area (Å²) in [6.07, 6.45) is 1.76. The Morgan fingerprint density at radius 1 is 1.00 bits per heavy atom. The number of rotatable bonds is 1. The molecule has 3 heteroatoms. The van der Waals surface area contributed by atoms with Crippen LogP contribution in [0.3, 0.4) is 0 Å². The van der Waals surface area contributed by atoms with Gasteiger partial charge in [0, 0.05) is 23.3 Å². The Morgan fingerprint density at radius 2 is 1.88 bits per heavy atom. The van der Waals surface area contributed by atoms with Crippen LogP contribution in [0.5, 0.6) is 0 Å². The molecule has 0 aliphatic rings. The largest absolute Gasteiger partial charge is 0.322 e. The predicted molar refractivity (Wildman–Crippen MR) is 67.8 cm³/mol. The van der Waals surface area contributed by atoms with Crippen molar-refractivity contribution in [2.45, 2.75) is 0 Å². The fourth-order valence-electron chi connectivity index (χ4n) is 1.84. The third-order valence-electron chi connectivity index (χ3n) is 2.69. The van der Waals surface area contributed by atoms with Gasteiger partial charge in [0.05, 0.1) is 5.69 Å². The van der Waals surface area contributed by atoms with Gasteiger partial charge in [0.25, 0.3) is 0 Å². The van der Waals surface area contributed by atoms with Gasteiger partial charge in [0.2, 0.25) is 5.56 Å². The van der Waals surface area contributed by atoms with E-state index in [0.717, 1.165) is 22.2 Å². The van der Waals surface area contributed by atoms with Crippen LogP contribution in [0.2, 0.25) is 0 Å². The first-order valence-corrected chi connectivity index (χ1v) is 5.37. The monoisotopic (exact) mass is 222 g/mol. The molecule has 0 fully saturated rings. The average molecular weight is 222 g/mol. The first-order valence-electron chi connectivity index (χ1n) is 5.37. The number of nitrogens with one attached hydrogen (secondary N) is 1. The molecular formula is C14H10N2O. The lowest BCUT2D eigenvalue weighted by Gasteiger charge is -2.02. The number of fused-ring (bicyclic) bond motifs is 1. The SMILES string of the molecule is O=c1ccc2ccc(-c3ccccn3)cc2[nH]1. The molecule has 0 unspecified atom stereocenters. The molecule has 3 aromatic rings. The van der Waals surface area contributed by atoms with Gasteiger partial charge in [0.1, 0.15) is 0 Å². The van der Waals surface area contributed by atoms with E-state index in [9.17, 15) is 4.79 Å². The average Bonchev–Trinajstić information content (AvgIpc) is 2.39. The highest BCUT2D eigenvalue weighted by Crippen LogP contribution is 2.20. The van der Waals surface area contributed by atoms with Crippen molar-refractivity contribution in [2.24, 2.45) is 0 Å². The van der Waals surface area contributed by atoms with E-state index >= 15 is 0 Å². The quantitative estimate of drug-likeness (QED) is 0.687. The number of hydrogen-bond donors (Lipinski definition) is 1. The van der Waals surface area contributed by atoms with E-state index in [1.54, 1.807) is 6.20 Å². The summed E-state index contributed by atoms with van der Waals surface area (Å²) in [6.45, 7) is 0. The molecule has 3 nitrogen and oxygen atoms in total. The van der Waals surface area contributed by atoms with E-state index in [2.05, 4.69) is 9.97 Å². The summed E-state index contributed by atoms with van der Waals surface area (Å²) in [6, 6.07) is 15.0. The van der Waals surface area contributed by atoms with Crippen LogP contribution in [0.4, 0.5) is 0 Å². The van der Waals surface area contributed by atoms with Crippen LogP contribution in [0.1, 0.15) is 0 Å². The predicted octanol–water partition coefficient (Wildman–Crippen LogP) is 2.59. The maximum Gasteiger partial charge on any atom is 0.248 e. The molecule has 0 saturated carbocycles. The topological polar surface area (TPSA) is 45.8 Å². The van der Waals surface area contributed by atoms with Gasteiger partial charge in [0.15, 0.2) is 0 Å². The molecule has 17 heavy (non-hydrogen) atoms. The van der Waals surface area contributed by atoms with Gasteiger partial charge in [-0.2, -0.15) is 0 Å². The molecule has 3 rings (SSSR count). The summed E-state index contributed by atoms with van der Waals surface area (Å²) < 4.78 is 0. The number of H-pyrrole nitrogens is 1. The van der Waals surface area contributed by atoms with E-state index in [4.69, 9.17) is 0 Å². The molecular weight excluding hydrogens is 212 g/mol. The van der Waals surface area contributed by atoms with Crippen molar-refractivity contribution < 1.29 is 0 Å². The van der Waals surface area contributed by atoms with Gasteiger partial charge in [-0.15, -0.1) is 0 Å². The Balaban J connectivity index is 2.23. The van der Waals surface area contributed by atoms with Gasteiger partial charge < -0.3 is 4.98 Å². The molecule has 82 valence electrons. The maximum absolute atomic E-state index is 11.3. The van der Waals surface area contributed by atoms with Crippen molar-refractivity contribution in [1.82, 2.24) is 9.97 Å². The summed E-state index contributed by atoms with van der Waals surface area (Å²) in [5.41, 5.74) is 2.65. The highest BCUT2D eigenvalue weighted by molar-refractivity contribution is 5.83. The molecule has 2 aromatic heterocycles. The van der Waals surface area contributed by atoms with Crippen molar-refractivity contribution in [1.29, 1.82) is 0 Å². The van der Waals surface area contributed by atoms with Crippen LogP contribution in [0.25, 0.3) is 22.2 Å². The highest BCUT2D eigenvalue weighted by atomic mass is 16.1. The first kappa shape index (κ1) is 9.78. The Hall–Kier alpha value is -2.42. The van der Waals surface area contributed by atoms with Gasteiger partial charge in [-0.1, -0.05) is 18.2 Å². The second-order valence-electron chi connectivity index (χ2n) is 3.84. The fourth-order valence-corrected chi connectivity index (χ4v) is 1.84. The third-order valence-corrected chi connectivity index (χ3v) is 2.69. The maximum atomic E-state index is 11.3. The van der Waals surface area contributed by atoms with Crippen LogP contribution in [0.15, 0.2) is 59.5 Å². The second kappa shape index (κ2) is 3.87. The van der Waals surface area contributed by atoms with Crippen molar-refractivity contribution >= 4 is 10.9 Å². The molecule has 0 atom stereocenters. The minimum atomic E-state index is -0.0873. The standard InChI is InChI=1S/C14H10N2O/c17-14-7-6-10-4-5-11(9-13(10)16-14)12-3-1-2-8-15-12/h1-9H,(H,16,17). The Bertz CT molecular complexity index is 717. The molecule has 1 aromatic carbocycles. The molecule has 0 bridgehead atoms. The molecule has 1 N–H and O–H groups in total. The molecule has 0 aliphatic heterocycles. The zero-order chi connectivity index (χ0) is 11.7. The molecule has 0 aliphatic carbocycles. The van der Waals surface area contributed by atoms with E-state index in [1.807, 2.05) is 42.5 Å². The van der Waals surface area contributed by atoms with Crippen LogP contribution in [0, 0.1) is 0 Å². The summed E-state index contributed by atoms with van der Waals surface area (Å²) in [4.78, 5) is 18.4. The van der Waals surface area contributed by atoms with Crippen LogP contribution in [-0.4, -0.2) is 9.97 Å². The minimum Gasteiger partial charge on any atom is -0.322 e. The van der Waals surface area contributed by atoms with Gasteiger partial charge in [-0.25, -0.2) is 0 Å². The molecule has 2 heterocycles. The molecule has 0 spiro atoms. The zero-order valence-corrected chi connectivity index (χ0v) is 9.05. The zero-order valence-electron chi connectivity index (χ0n) is 9.05. The Labute approximate surface area is 97.8 Å². The second-order valence-corrected chi connectivity index (χ2v) is 3.84. The summed E-state index contributed by atoms with van der Waals surface area (Å²) in [5.74, 6) is 0. The number of aromatic nitrogens is 2. The first-order chi connectivity index (χ1) is 8.33. The normalized spacial score (nSPS) is 10.6. The fraction of sp³-hybridized carbons (Fsp3) is 0. The minimum absolute atomic E-state index is 0.0873. The molecule has 0 saturated heterocycles. The lowest BCUT2D eigenvalue weighted by Crippen LogP contribution is -2.02. The van der Waals surface area contributed by atoms with Crippen molar-refractivity contribution in [3.05, 3.63) is 65.1 Å². The van der Waals surface area contributed by atoms with Gasteiger partial charge in [-0.3, -0.25) is 9.78 Å². The number of aromatic amines is 1. The number of benzene rings is 1. The van der Waals surface area contributed by atoms with Crippen LogP contribution < -0.4 is 5.56 Å². The number of pyridine rings is 2. The van der Waals surface area contributed by atoms with Crippen LogP contribution >= 0.6 is 0 Å². The smallest absolute Gasteiger partial charge is 0.248 e. The Morgan fingerprint density at radius 3 is 2.71 bits per heavy atom. The molecule has 0 radical (unpaired) electrons. The van der Waals surface area contributed by atoms with Crippen molar-refractivity contribution in [3.63, 3.8) is 0 Å². The van der Waals surface area contributed by atoms with E-state index in [1.165, 1.54) is 6.07 Å². The summed E-state index contributed by atoms with van der Waals surface area (Å²) in [7, 11) is 0. The van der Waals surface area contributed by atoms with Gasteiger partial charge >= 0.3 is 0 Å². The summed E-state index contributed by atoms with van der Waals surface area (Å²) >= 11 is 0. The number of hydrogen-bond acceptors (Lipinski definition) is 2. The third kappa shape index (κ3) is 1.83. The summed E-state index contributed by atoms with van der Waals surface area (Å²) in [5, 5.41) is 1.02. The Kier molecular flexibility index (Phi) is 2.22. The van der Waals surface area contributed by atoms with E-state index < -0.39 is 0 Å². The number of nitrogens with zero attached hydrogens (tertiary/aromatic N) is 1. The van der Waals surface area contributed by atoms with Crippen LogP contribution in [-0.2, 0) is 0 Å². The van der Waals surface area contributed by atoms with Crippen molar-refractivity contribution in [2.75, 3.05) is 0 Å². The van der Waals surface area contributed by atoms with Crippen molar-refractivity contribution in [3.8, 4) is 11.3 Å². The molecule has 0 amide bonds. The lowest BCUT2D eigenvalue weighted by atomic mass is 10.1. The van der Waals surface area contributed by atoms with E-state index in [0.29, 0.717) is 0 Å². The van der Waals surface area contributed by atoms with Gasteiger partial charge in [-0.05, 0) is 29.7 Å².